The Balaban J connectivity index is 1.56. The minimum absolute atomic E-state index is 0.510. The summed E-state index contributed by atoms with van der Waals surface area (Å²) in [5, 5.41) is 0. The molecule has 0 saturated heterocycles. The fourth-order valence-corrected chi connectivity index (χ4v) is 3.55. The van der Waals surface area contributed by atoms with E-state index < -0.39 is 5.67 Å². The molecule has 1 unspecified atom stereocenters. The Hall–Kier alpha value is -1.67. The number of nitrogens with zero attached hydrogens (tertiary/aromatic N) is 1. The van der Waals surface area contributed by atoms with Gasteiger partial charge in [0.2, 0.25) is 0 Å². The molecule has 0 N–H and O–H groups in total. The summed E-state index contributed by atoms with van der Waals surface area (Å²) < 4.78 is 14.1. The molecule has 2 heteroatoms. The maximum Gasteiger partial charge on any atom is 0.136 e. The van der Waals surface area contributed by atoms with E-state index in [2.05, 4.69) is 68.1 Å². The normalized spacial score (nSPS) is 17.0. The molecule has 0 heterocycles. The fourth-order valence-electron chi connectivity index (χ4n) is 3.55. The number of hydrogen-bond acceptors (Lipinski definition) is 1. The molecule has 0 amide bonds. The Morgan fingerprint density at radius 3 is 2.12 bits per heavy atom. The van der Waals surface area contributed by atoms with Gasteiger partial charge in [-0.1, -0.05) is 54.6 Å². The van der Waals surface area contributed by atoms with Gasteiger partial charge in [-0.25, -0.2) is 4.39 Å². The van der Waals surface area contributed by atoms with Crippen LogP contribution in [0.2, 0.25) is 0 Å². The summed E-state index contributed by atoms with van der Waals surface area (Å²) in [6, 6.07) is 19.9. The standard InChI is InChI=1S/C23H30FN/c1-18(2)25(17-21-7-5-4-6-8-21)19(3)9-10-20-11-13-22(14-12-20)23(24)15-16-23/h4-8,11-14,18-19H,9-10,15-17H2,1-3H3. The van der Waals surface area contributed by atoms with Gasteiger partial charge in [0.05, 0.1) is 0 Å². The predicted molar refractivity (Wildman–Crippen MR) is 103 cm³/mol. The topological polar surface area (TPSA) is 3.24 Å². The highest BCUT2D eigenvalue weighted by atomic mass is 19.1. The van der Waals surface area contributed by atoms with Crippen LogP contribution in [-0.4, -0.2) is 17.0 Å². The molecule has 25 heavy (non-hydrogen) atoms. The second-order valence-electron chi connectivity index (χ2n) is 7.80. The maximum absolute atomic E-state index is 14.1. The van der Waals surface area contributed by atoms with Crippen LogP contribution in [0.15, 0.2) is 54.6 Å². The van der Waals surface area contributed by atoms with Gasteiger partial charge in [-0.05, 0) is 63.1 Å². The first-order chi connectivity index (χ1) is 12.0. The molecule has 1 atom stereocenters. The lowest BCUT2D eigenvalue weighted by molar-refractivity contribution is 0.147. The van der Waals surface area contributed by atoms with E-state index in [1.165, 1.54) is 11.1 Å². The summed E-state index contributed by atoms with van der Waals surface area (Å²) in [6.07, 6.45) is 3.53. The molecule has 134 valence electrons. The van der Waals surface area contributed by atoms with Crippen molar-refractivity contribution in [3.8, 4) is 0 Å². The van der Waals surface area contributed by atoms with Crippen molar-refractivity contribution < 1.29 is 4.39 Å². The zero-order chi connectivity index (χ0) is 17.9. The van der Waals surface area contributed by atoms with E-state index in [4.69, 9.17) is 0 Å². The van der Waals surface area contributed by atoms with Gasteiger partial charge in [0, 0.05) is 18.6 Å². The molecule has 0 spiro atoms. The number of halogens is 1. The molecule has 1 fully saturated rings. The molecule has 3 rings (SSSR count). The molecule has 1 nitrogen and oxygen atoms in total. The Morgan fingerprint density at radius 2 is 1.56 bits per heavy atom. The largest absolute Gasteiger partial charge is 0.294 e. The first kappa shape index (κ1) is 18.1. The Kier molecular flexibility index (Phi) is 5.58. The van der Waals surface area contributed by atoms with E-state index >= 15 is 0 Å². The lowest BCUT2D eigenvalue weighted by Crippen LogP contribution is -2.38. The maximum atomic E-state index is 14.1. The zero-order valence-electron chi connectivity index (χ0n) is 15.7. The monoisotopic (exact) mass is 339 g/mol. The summed E-state index contributed by atoms with van der Waals surface area (Å²) in [7, 11) is 0. The van der Waals surface area contributed by atoms with Crippen molar-refractivity contribution in [1.82, 2.24) is 4.90 Å². The second kappa shape index (κ2) is 7.70. The van der Waals surface area contributed by atoms with Crippen molar-refractivity contribution >= 4 is 0 Å². The van der Waals surface area contributed by atoms with Gasteiger partial charge in [0.25, 0.3) is 0 Å². The van der Waals surface area contributed by atoms with Crippen LogP contribution < -0.4 is 0 Å². The average molecular weight is 339 g/mol. The molecular weight excluding hydrogens is 309 g/mol. The van der Waals surface area contributed by atoms with E-state index in [-0.39, 0.29) is 0 Å². The van der Waals surface area contributed by atoms with E-state index in [0.29, 0.717) is 24.9 Å². The molecule has 0 aromatic heterocycles. The second-order valence-corrected chi connectivity index (χ2v) is 7.80. The van der Waals surface area contributed by atoms with Gasteiger partial charge < -0.3 is 0 Å². The van der Waals surface area contributed by atoms with E-state index in [1.54, 1.807) is 0 Å². The molecule has 1 aliphatic rings. The smallest absolute Gasteiger partial charge is 0.136 e. The summed E-state index contributed by atoms with van der Waals surface area (Å²) in [6.45, 7) is 7.84. The first-order valence-corrected chi connectivity index (χ1v) is 9.56. The van der Waals surface area contributed by atoms with E-state index in [1.807, 2.05) is 12.1 Å². The quantitative estimate of drug-likeness (QED) is 0.581. The molecule has 0 aliphatic heterocycles. The van der Waals surface area contributed by atoms with Crippen LogP contribution in [0.4, 0.5) is 4.39 Å². The van der Waals surface area contributed by atoms with Crippen molar-refractivity contribution in [3.05, 3.63) is 71.3 Å². The van der Waals surface area contributed by atoms with Gasteiger partial charge in [-0.15, -0.1) is 0 Å². The number of rotatable bonds is 8. The van der Waals surface area contributed by atoms with Gasteiger partial charge in [-0.3, -0.25) is 4.90 Å². The third kappa shape index (κ3) is 4.70. The molecule has 1 aliphatic carbocycles. The lowest BCUT2D eigenvalue weighted by atomic mass is 10.0. The fraction of sp³-hybridized carbons (Fsp3) is 0.478. The highest BCUT2D eigenvalue weighted by molar-refractivity contribution is 5.31. The SMILES string of the molecule is CC(C)N(Cc1ccccc1)C(C)CCc1ccc(C2(F)CC2)cc1. The van der Waals surface area contributed by atoms with Crippen molar-refractivity contribution in [2.45, 2.75) is 70.8 Å². The van der Waals surface area contributed by atoms with Crippen molar-refractivity contribution in [2.75, 3.05) is 0 Å². The Bertz CT molecular complexity index is 658. The Morgan fingerprint density at radius 1 is 0.920 bits per heavy atom. The van der Waals surface area contributed by atoms with Crippen LogP contribution in [0, 0.1) is 0 Å². The third-order valence-electron chi connectivity index (χ3n) is 5.45. The van der Waals surface area contributed by atoms with Crippen molar-refractivity contribution in [1.29, 1.82) is 0 Å². The van der Waals surface area contributed by atoms with Gasteiger partial charge in [0.1, 0.15) is 5.67 Å². The number of benzene rings is 2. The van der Waals surface area contributed by atoms with E-state index in [0.717, 1.165) is 24.9 Å². The molecule has 0 radical (unpaired) electrons. The summed E-state index contributed by atoms with van der Waals surface area (Å²) in [5.74, 6) is 0. The summed E-state index contributed by atoms with van der Waals surface area (Å²) >= 11 is 0. The first-order valence-electron chi connectivity index (χ1n) is 9.56. The number of aryl methyl sites for hydroxylation is 1. The third-order valence-corrected chi connectivity index (χ3v) is 5.45. The minimum atomic E-state index is -1.02. The van der Waals surface area contributed by atoms with Crippen LogP contribution in [-0.2, 0) is 18.6 Å². The summed E-state index contributed by atoms with van der Waals surface area (Å²) in [4.78, 5) is 2.56. The van der Waals surface area contributed by atoms with Gasteiger partial charge >= 0.3 is 0 Å². The van der Waals surface area contributed by atoms with Crippen LogP contribution in [0.5, 0.6) is 0 Å². The predicted octanol–water partition coefficient (Wildman–Crippen LogP) is 5.88. The van der Waals surface area contributed by atoms with Gasteiger partial charge in [-0.2, -0.15) is 0 Å². The highest BCUT2D eigenvalue weighted by Crippen LogP contribution is 2.49. The molecule has 0 bridgehead atoms. The number of alkyl halides is 1. The molecule has 2 aromatic carbocycles. The van der Waals surface area contributed by atoms with Crippen LogP contribution in [0.3, 0.4) is 0 Å². The van der Waals surface area contributed by atoms with E-state index in [9.17, 15) is 4.39 Å². The van der Waals surface area contributed by atoms with Crippen LogP contribution >= 0.6 is 0 Å². The number of hydrogen-bond donors (Lipinski definition) is 0. The average Bonchev–Trinajstić information content (AvgIpc) is 3.37. The molecule has 2 aromatic rings. The van der Waals surface area contributed by atoms with Crippen molar-refractivity contribution in [3.63, 3.8) is 0 Å². The molecular formula is C23H30FN. The van der Waals surface area contributed by atoms with Gasteiger partial charge in [0.15, 0.2) is 0 Å². The lowest BCUT2D eigenvalue weighted by Gasteiger charge is -2.33. The Labute approximate surface area is 151 Å². The van der Waals surface area contributed by atoms with Crippen molar-refractivity contribution in [2.24, 2.45) is 0 Å². The zero-order valence-corrected chi connectivity index (χ0v) is 15.7. The van der Waals surface area contributed by atoms with Crippen LogP contribution in [0.25, 0.3) is 0 Å². The highest BCUT2D eigenvalue weighted by Gasteiger charge is 2.44. The summed E-state index contributed by atoms with van der Waals surface area (Å²) in [5.41, 5.74) is 2.51. The van der Waals surface area contributed by atoms with Crippen LogP contribution in [0.1, 0.15) is 56.7 Å². The minimum Gasteiger partial charge on any atom is -0.294 e. The molecule has 1 saturated carbocycles.